The Bertz CT molecular complexity index is 535. The number of piperazine rings is 1. The van der Waals surface area contributed by atoms with Gasteiger partial charge in [-0.05, 0) is 26.0 Å². The second kappa shape index (κ2) is 7.21. The van der Waals surface area contributed by atoms with E-state index in [4.69, 9.17) is 5.11 Å². The normalized spacial score (nSPS) is 15.7. The highest BCUT2D eigenvalue weighted by atomic mass is 16.2. The molecule has 112 valence electrons. The minimum absolute atomic E-state index is 0.0277. The van der Waals surface area contributed by atoms with Crippen LogP contribution in [0.1, 0.15) is 29.9 Å². The van der Waals surface area contributed by atoms with Gasteiger partial charge in [0.25, 0.3) is 5.91 Å². The van der Waals surface area contributed by atoms with E-state index >= 15 is 0 Å². The SMILES string of the molecule is CC(C)N1CCN(C(=O)c2ccc(C#CCO)cn2)CC1. The molecule has 5 heteroatoms. The Hall–Kier alpha value is -1.90. The number of amides is 1. The molecule has 1 saturated heterocycles. The third-order valence-electron chi connectivity index (χ3n) is 3.63. The number of rotatable bonds is 2. The van der Waals surface area contributed by atoms with Crippen molar-refractivity contribution in [3.05, 3.63) is 29.6 Å². The number of hydrogen-bond donors (Lipinski definition) is 1. The summed E-state index contributed by atoms with van der Waals surface area (Å²) in [6.07, 6.45) is 1.57. The summed E-state index contributed by atoms with van der Waals surface area (Å²) in [5, 5.41) is 8.64. The molecule has 2 heterocycles. The largest absolute Gasteiger partial charge is 0.384 e. The Morgan fingerprint density at radius 2 is 2.05 bits per heavy atom. The van der Waals surface area contributed by atoms with Crippen molar-refractivity contribution < 1.29 is 9.90 Å². The quantitative estimate of drug-likeness (QED) is 0.809. The molecule has 0 radical (unpaired) electrons. The van der Waals surface area contributed by atoms with Crippen LogP contribution in [0, 0.1) is 11.8 Å². The van der Waals surface area contributed by atoms with Crippen LogP contribution in [-0.4, -0.2) is 64.6 Å². The summed E-state index contributed by atoms with van der Waals surface area (Å²) in [6.45, 7) is 7.46. The third-order valence-corrected chi connectivity index (χ3v) is 3.63. The number of aromatic nitrogens is 1. The van der Waals surface area contributed by atoms with E-state index in [-0.39, 0.29) is 12.5 Å². The van der Waals surface area contributed by atoms with Gasteiger partial charge in [0.15, 0.2) is 0 Å². The average molecular weight is 287 g/mol. The van der Waals surface area contributed by atoms with Crippen LogP contribution < -0.4 is 0 Å². The molecule has 0 bridgehead atoms. The monoisotopic (exact) mass is 287 g/mol. The van der Waals surface area contributed by atoms with Gasteiger partial charge in [0.1, 0.15) is 12.3 Å². The topological polar surface area (TPSA) is 56.7 Å². The molecule has 0 unspecified atom stereocenters. The van der Waals surface area contributed by atoms with Crippen molar-refractivity contribution in [1.29, 1.82) is 0 Å². The van der Waals surface area contributed by atoms with E-state index < -0.39 is 0 Å². The van der Waals surface area contributed by atoms with Crippen LogP contribution in [0.25, 0.3) is 0 Å². The number of carbonyl (C=O) groups excluding carboxylic acids is 1. The van der Waals surface area contributed by atoms with Gasteiger partial charge in [-0.2, -0.15) is 0 Å². The fraction of sp³-hybridized carbons (Fsp3) is 0.500. The van der Waals surface area contributed by atoms with Gasteiger partial charge < -0.3 is 10.0 Å². The fourth-order valence-corrected chi connectivity index (χ4v) is 2.34. The lowest BCUT2D eigenvalue weighted by Gasteiger charge is -2.36. The van der Waals surface area contributed by atoms with Crippen molar-refractivity contribution in [2.75, 3.05) is 32.8 Å². The van der Waals surface area contributed by atoms with E-state index in [2.05, 4.69) is 35.6 Å². The van der Waals surface area contributed by atoms with Crippen molar-refractivity contribution in [2.24, 2.45) is 0 Å². The molecule has 0 saturated carbocycles. The minimum Gasteiger partial charge on any atom is -0.384 e. The molecule has 1 aliphatic heterocycles. The lowest BCUT2D eigenvalue weighted by atomic mass is 10.2. The Labute approximate surface area is 125 Å². The molecule has 1 aromatic rings. The minimum atomic E-state index is -0.180. The summed E-state index contributed by atoms with van der Waals surface area (Å²) in [7, 11) is 0. The lowest BCUT2D eigenvalue weighted by Crippen LogP contribution is -2.50. The molecular formula is C16H21N3O2. The van der Waals surface area contributed by atoms with Crippen LogP contribution in [0.5, 0.6) is 0 Å². The van der Waals surface area contributed by atoms with Gasteiger partial charge in [-0.15, -0.1) is 0 Å². The number of hydrogen-bond acceptors (Lipinski definition) is 4. The zero-order valence-electron chi connectivity index (χ0n) is 12.5. The maximum atomic E-state index is 12.4. The van der Waals surface area contributed by atoms with Crippen LogP contribution in [-0.2, 0) is 0 Å². The Morgan fingerprint density at radius 3 is 2.57 bits per heavy atom. The molecule has 1 amide bonds. The second-order valence-electron chi connectivity index (χ2n) is 5.31. The summed E-state index contributed by atoms with van der Waals surface area (Å²) < 4.78 is 0. The van der Waals surface area contributed by atoms with Gasteiger partial charge in [0, 0.05) is 44.0 Å². The molecule has 1 N–H and O–H groups in total. The van der Waals surface area contributed by atoms with Gasteiger partial charge in [-0.1, -0.05) is 11.8 Å². The molecular weight excluding hydrogens is 266 g/mol. The smallest absolute Gasteiger partial charge is 0.272 e. The summed E-state index contributed by atoms with van der Waals surface area (Å²) in [4.78, 5) is 20.8. The van der Waals surface area contributed by atoms with E-state index in [9.17, 15) is 4.79 Å². The standard InChI is InChI=1S/C16H21N3O2/c1-13(2)18-7-9-19(10-8-18)16(21)15-6-5-14(12-17-15)4-3-11-20/h5-6,12-13,20H,7-11H2,1-2H3. The van der Waals surface area contributed by atoms with Crippen LogP contribution >= 0.6 is 0 Å². The number of nitrogens with zero attached hydrogens (tertiary/aromatic N) is 3. The molecule has 1 aliphatic rings. The van der Waals surface area contributed by atoms with Crippen LogP contribution in [0.4, 0.5) is 0 Å². The molecule has 0 aromatic carbocycles. The van der Waals surface area contributed by atoms with E-state index in [1.165, 1.54) is 0 Å². The highest BCUT2D eigenvalue weighted by Gasteiger charge is 2.23. The van der Waals surface area contributed by atoms with Crippen molar-refractivity contribution in [3.8, 4) is 11.8 Å². The number of pyridine rings is 1. The maximum absolute atomic E-state index is 12.4. The fourth-order valence-electron chi connectivity index (χ4n) is 2.34. The van der Waals surface area contributed by atoms with Gasteiger partial charge in [-0.25, -0.2) is 4.98 Å². The van der Waals surface area contributed by atoms with Crippen LogP contribution in [0.15, 0.2) is 18.3 Å². The second-order valence-corrected chi connectivity index (χ2v) is 5.31. The van der Waals surface area contributed by atoms with E-state index in [1.54, 1.807) is 18.3 Å². The Morgan fingerprint density at radius 1 is 1.33 bits per heavy atom. The van der Waals surface area contributed by atoms with Crippen molar-refractivity contribution in [1.82, 2.24) is 14.8 Å². The first kappa shape index (κ1) is 15.5. The molecule has 1 fully saturated rings. The van der Waals surface area contributed by atoms with Crippen LogP contribution in [0.2, 0.25) is 0 Å². The number of aliphatic hydroxyl groups excluding tert-OH is 1. The van der Waals surface area contributed by atoms with E-state index in [0.29, 0.717) is 17.3 Å². The van der Waals surface area contributed by atoms with Gasteiger partial charge in [0.05, 0.1) is 0 Å². The summed E-state index contributed by atoms with van der Waals surface area (Å²) >= 11 is 0. The number of carbonyl (C=O) groups is 1. The first-order valence-corrected chi connectivity index (χ1v) is 7.21. The number of aliphatic hydroxyl groups is 1. The Kier molecular flexibility index (Phi) is 5.32. The first-order valence-electron chi connectivity index (χ1n) is 7.21. The predicted molar refractivity (Wildman–Crippen MR) is 80.8 cm³/mol. The lowest BCUT2D eigenvalue weighted by molar-refractivity contribution is 0.0590. The van der Waals surface area contributed by atoms with Gasteiger partial charge >= 0.3 is 0 Å². The average Bonchev–Trinajstić information content (AvgIpc) is 2.53. The molecule has 5 nitrogen and oxygen atoms in total. The maximum Gasteiger partial charge on any atom is 0.272 e. The highest BCUT2D eigenvalue weighted by molar-refractivity contribution is 5.92. The summed E-state index contributed by atoms with van der Waals surface area (Å²) in [5.41, 5.74) is 1.15. The summed E-state index contributed by atoms with van der Waals surface area (Å²) in [5.74, 6) is 5.29. The zero-order valence-corrected chi connectivity index (χ0v) is 12.5. The van der Waals surface area contributed by atoms with E-state index in [1.807, 2.05) is 4.90 Å². The zero-order chi connectivity index (χ0) is 15.2. The van der Waals surface area contributed by atoms with Crippen molar-refractivity contribution >= 4 is 5.91 Å². The molecule has 0 spiro atoms. The highest BCUT2D eigenvalue weighted by Crippen LogP contribution is 2.09. The van der Waals surface area contributed by atoms with Crippen molar-refractivity contribution in [3.63, 3.8) is 0 Å². The molecule has 21 heavy (non-hydrogen) atoms. The van der Waals surface area contributed by atoms with Gasteiger partial charge in [0.2, 0.25) is 0 Å². The first-order chi connectivity index (χ1) is 10.1. The van der Waals surface area contributed by atoms with Crippen LogP contribution in [0.3, 0.4) is 0 Å². The molecule has 0 aliphatic carbocycles. The predicted octanol–water partition coefficient (Wildman–Crippen LogP) is 0.592. The third kappa shape index (κ3) is 4.03. The van der Waals surface area contributed by atoms with E-state index in [0.717, 1.165) is 26.2 Å². The molecule has 1 aromatic heterocycles. The molecule has 2 rings (SSSR count). The Balaban J connectivity index is 1.97. The van der Waals surface area contributed by atoms with Gasteiger partial charge in [-0.3, -0.25) is 9.69 Å². The summed E-state index contributed by atoms with van der Waals surface area (Å²) in [6, 6.07) is 3.97. The van der Waals surface area contributed by atoms with Crippen molar-refractivity contribution in [2.45, 2.75) is 19.9 Å². The molecule has 0 atom stereocenters.